The van der Waals surface area contributed by atoms with Crippen molar-refractivity contribution in [1.29, 1.82) is 0 Å². The summed E-state index contributed by atoms with van der Waals surface area (Å²) in [5.74, 6) is -0.526. The Morgan fingerprint density at radius 1 is 1.32 bits per heavy atom. The fourth-order valence-corrected chi connectivity index (χ4v) is 2.60. The number of carbonyl (C=O) groups excluding carboxylic acids is 2. The average molecular weight is 305 g/mol. The molecule has 6 nitrogen and oxygen atoms in total. The summed E-state index contributed by atoms with van der Waals surface area (Å²) >= 11 is 0. The molecule has 2 amide bonds. The van der Waals surface area contributed by atoms with E-state index in [-0.39, 0.29) is 23.4 Å². The molecule has 0 bridgehead atoms. The first-order valence-electron chi connectivity index (χ1n) is 7.77. The Bertz CT molecular complexity index is 584. The summed E-state index contributed by atoms with van der Waals surface area (Å²) in [6, 6.07) is 2.94. The van der Waals surface area contributed by atoms with Crippen LogP contribution in [-0.4, -0.2) is 28.4 Å². The Morgan fingerprint density at radius 2 is 2.00 bits per heavy atom. The number of aromatic amines is 1. The molecule has 1 saturated carbocycles. The minimum Gasteiger partial charge on any atom is -0.351 e. The van der Waals surface area contributed by atoms with Gasteiger partial charge in [-0.2, -0.15) is 0 Å². The fourth-order valence-electron chi connectivity index (χ4n) is 2.60. The number of H-pyrrole nitrogens is 1. The summed E-state index contributed by atoms with van der Waals surface area (Å²) in [5, 5.41) is 5.80. The minimum absolute atomic E-state index is 0.153. The van der Waals surface area contributed by atoms with Crippen molar-refractivity contribution in [2.75, 3.05) is 0 Å². The maximum atomic E-state index is 12.5. The highest BCUT2D eigenvalue weighted by molar-refractivity contribution is 5.98. The smallest absolute Gasteiger partial charge is 0.253 e. The molecule has 22 heavy (non-hydrogen) atoms. The molecule has 1 aromatic heterocycles. The second kappa shape index (κ2) is 6.77. The van der Waals surface area contributed by atoms with E-state index in [9.17, 15) is 14.4 Å². The van der Waals surface area contributed by atoms with E-state index in [1.807, 2.05) is 6.92 Å². The lowest BCUT2D eigenvalue weighted by Gasteiger charge is -2.30. The minimum atomic E-state index is -0.962. The zero-order valence-corrected chi connectivity index (χ0v) is 13.1. The molecule has 0 saturated heterocycles. The zero-order valence-electron chi connectivity index (χ0n) is 13.1. The fraction of sp³-hybridized carbons (Fsp3) is 0.562. The Morgan fingerprint density at radius 3 is 2.55 bits per heavy atom. The number of hydrogen-bond donors (Lipinski definition) is 3. The highest BCUT2D eigenvalue weighted by atomic mass is 16.2. The predicted molar refractivity (Wildman–Crippen MR) is 83.6 cm³/mol. The van der Waals surface area contributed by atoms with E-state index in [1.165, 1.54) is 18.3 Å². The normalized spacial score (nSPS) is 17.7. The van der Waals surface area contributed by atoms with Crippen LogP contribution >= 0.6 is 0 Å². The molecule has 0 aromatic carbocycles. The van der Waals surface area contributed by atoms with Crippen LogP contribution in [0.5, 0.6) is 0 Å². The van der Waals surface area contributed by atoms with Gasteiger partial charge in [-0.1, -0.05) is 19.8 Å². The van der Waals surface area contributed by atoms with Crippen molar-refractivity contribution in [3.05, 3.63) is 34.2 Å². The zero-order chi connectivity index (χ0) is 16.2. The van der Waals surface area contributed by atoms with Crippen molar-refractivity contribution < 1.29 is 9.59 Å². The molecule has 6 heteroatoms. The number of hydrogen-bond acceptors (Lipinski definition) is 3. The van der Waals surface area contributed by atoms with Crippen molar-refractivity contribution in [3.63, 3.8) is 0 Å². The van der Waals surface area contributed by atoms with Crippen molar-refractivity contribution in [2.24, 2.45) is 0 Å². The molecule has 120 valence electrons. The van der Waals surface area contributed by atoms with E-state index in [4.69, 9.17) is 0 Å². The molecule has 0 spiro atoms. The van der Waals surface area contributed by atoms with E-state index in [1.54, 1.807) is 6.92 Å². The molecule has 1 atom stereocenters. The Labute approximate surface area is 129 Å². The van der Waals surface area contributed by atoms with Gasteiger partial charge in [0, 0.05) is 18.3 Å². The molecule has 3 N–H and O–H groups in total. The summed E-state index contributed by atoms with van der Waals surface area (Å²) in [5.41, 5.74) is -0.905. The third-order valence-corrected chi connectivity index (χ3v) is 4.33. The van der Waals surface area contributed by atoms with Crippen LogP contribution in [0.3, 0.4) is 0 Å². The molecule has 1 aliphatic rings. The summed E-state index contributed by atoms with van der Waals surface area (Å²) < 4.78 is 0. The molecule has 1 aromatic rings. The van der Waals surface area contributed by atoms with Gasteiger partial charge < -0.3 is 15.6 Å². The van der Waals surface area contributed by atoms with Gasteiger partial charge in [0.25, 0.3) is 5.91 Å². The van der Waals surface area contributed by atoms with Crippen molar-refractivity contribution in [3.8, 4) is 0 Å². The maximum absolute atomic E-state index is 12.5. The van der Waals surface area contributed by atoms with Crippen LogP contribution < -0.4 is 16.2 Å². The first-order chi connectivity index (χ1) is 10.4. The van der Waals surface area contributed by atoms with Crippen molar-refractivity contribution in [1.82, 2.24) is 15.6 Å². The van der Waals surface area contributed by atoms with E-state index in [0.717, 1.165) is 25.7 Å². The third-order valence-electron chi connectivity index (χ3n) is 4.33. The van der Waals surface area contributed by atoms with Gasteiger partial charge in [-0.3, -0.25) is 14.4 Å². The molecule has 0 radical (unpaired) electrons. The van der Waals surface area contributed by atoms with Crippen LogP contribution in [0.2, 0.25) is 0 Å². The van der Waals surface area contributed by atoms with Crippen molar-refractivity contribution >= 4 is 11.8 Å². The second-order valence-corrected chi connectivity index (χ2v) is 6.04. The van der Waals surface area contributed by atoms with E-state index >= 15 is 0 Å². The lowest BCUT2D eigenvalue weighted by molar-refractivity contribution is -0.127. The monoisotopic (exact) mass is 305 g/mol. The number of rotatable bonds is 5. The van der Waals surface area contributed by atoms with E-state index in [2.05, 4.69) is 15.6 Å². The molecule has 1 heterocycles. The van der Waals surface area contributed by atoms with Gasteiger partial charge in [0.1, 0.15) is 5.54 Å². The van der Waals surface area contributed by atoms with Crippen molar-refractivity contribution in [2.45, 2.75) is 57.5 Å². The number of amides is 2. The number of nitrogens with one attached hydrogen (secondary N) is 3. The van der Waals surface area contributed by atoms with Crippen LogP contribution in [0.4, 0.5) is 0 Å². The SMILES string of the molecule is CC[C@@](C)(NC(=O)c1ccc(=O)[nH]c1)C(=O)NC1CCCC1. The predicted octanol–water partition coefficient (Wildman–Crippen LogP) is 1.33. The lowest BCUT2D eigenvalue weighted by Crippen LogP contribution is -2.58. The highest BCUT2D eigenvalue weighted by Crippen LogP contribution is 2.19. The van der Waals surface area contributed by atoms with Gasteiger partial charge in [-0.05, 0) is 32.3 Å². The molecular weight excluding hydrogens is 282 g/mol. The van der Waals surface area contributed by atoms with Gasteiger partial charge in [0.2, 0.25) is 11.5 Å². The summed E-state index contributed by atoms with van der Waals surface area (Å²) in [6.07, 6.45) is 6.11. The standard InChI is InChI=1S/C16H23N3O3/c1-3-16(2,15(22)18-12-6-4-5-7-12)19-14(21)11-8-9-13(20)17-10-11/h8-10,12H,3-7H2,1-2H3,(H,17,20)(H,18,22)(H,19,21)/t16-/m1/s1. The van der Waals surface area contributed by atoms with Crippen LogP contribution in [0.25, 0.3) is 0 Å². The quantitative estimate of drug-likeness (QED) is 0.766. The third kappa shape index (κ3) is 3.75. The first kappa shape index (κ1) is 16.3. The largest absolute Gasteiger partial charge is 0.351 e. The topological polar surface area (TPSA) is 91.1 Å². The molecule has 0 aliphatic heterocycles. The Balaban J connectivity index is 2.05. The molecule has 1 fully saturated rings. The molecule has 2 rings (SSSR count). The number of aromatic nitrogens is 1. The maximum Gasteiger partial charge on any atom is 0.253 e. The van der Waals surface area contributed by atoms with Gasteiger partial charge in [-0.25, -0.2) is 0 Å². The number of pyridine rings is 1. The van der Waals surface area contributed by atoms with Crippen LogP contribution in [0.15, 0.2) is 23.1 Å². The number of carbonyl (C=O) groups is 2. The lowest BCUT2D eigenvalue weighted by atomic mass is 9.96. The van der Waals surface area contributed by atoms with Crippen LogP contribution in [0, 0.1) is 0 Å². The van der Waals surface area contributed by atoms with E-state index < -0.39 is 5.54 Å². The van der Waals surface area contributed by atoms with E-state index in [0.29, 0.717) is 12.0 Å². The molecule has 0 unspecified atom stereocenters. The Hall–Kier alpha value is -2.11. The highest BCUT2D eigenvalue weighted by Gasteiger charge is 2.34. The average Bonchev–Trinajstić information content (AvgIpc) is 3.00. The van der Waals surface area contributed by atoms with Gasteiger partial charge in [-0.15, -0.1) is 0 Å². The molecular formula is C16H23N3O3. The second-order valence-electron chi connectivity index (χ2n) is 6.04. The van der Waals surface area contributed by atoms with Gasteiger partial charge >= 0.3 is 0 Å². The van der Waals surface area contributed by atoms with Gasteiger partial charge in [0.15, 0.2) is 0 Å². The van der Waals surface area contributed by atoms with Gasteiger partial charge in [0.05, 0.1) is 5.56 Å². The summed E-state index contributed by atoms with van der Waals surface area (Å²) in [7, 11) is 0. The molecule has 1 aliphatic carbocycles. The first-order valence-corrected chi connectivity index (χ1v) is 7.77. The summed E-state index contributed by atoms with van der Waals surface area (Å²) in [4.78, 5) is 38.2. The summed E-state index contributed by atoms with van der Waals surface area (Å²) in [6.45, 7) is 3.59. The van der Waals surface area contributed by atoms with Crippen LogP contribution in [0.1, 0.15) is 56.3 Å². The van der Waals surface area contributed by atoms with Crippen LogP contribution in [-0.2, 0) is 4.79 Å². The Kier molecular flexibility index (Phi) is 5.00.